The van der Waals surface area contributed by atoms with E-state index in [4.69, 9.17) is 4.99 Å². The highest BCUT2D eigenvalue weighted by Gasteiger charge is 2.42. The average molecular weight is 452 g/mol. The summed E-state index contributed by atoms with van der Waals surface area (Å²) in [5, 5.41) is 2.92. The molecule has 29 heavy (non-hydrogen) atoms. The molecule has 0 radical (unpaired) electrons. The maximum Gasteiger partial charge on any atom is 0.235 e. The number of nitrogens with one attached hydrogen (secondary N) is 1. The molecule has 1 N–H and O–H groups in total. The lowest BCUT2D eigenvalue weighted by Gasteiger charge is -2.35. The second-order valence-electron chi connectivity index (χ2n) is 7.61. The van der Waals surface area contributed by atoms with Crippen molar-refractivity contribution in [2.75, 3.05) is 5.32 Å². The molecule has 0 saturated carbocycles. The monoisotopic (exact) mass is 451 g/mol. The molecule has 2 aliphatic rings. The molecule has 5 nitrogen and oxygen atoms in total. The van der Waals surface area contributed by atoms with E-state index in [-0.39, 0.29) is 17.6 Å². The first kappa shape index (κ1) is 19.7. The number of aromatic nitrogens is 1. The molecule has 1 aromatic heterocycles. The summed E-state index contributed by atoms with van der Waals surface area (Å²) in [6, 6.07) is 11.5. The Morgan fingerprint density at radius 1 is 1.17 bits per heavy atom. The van der Waals surface area contributed by atoms with Crippen molar-refractivity contribution in [3.8, 4) is 0 Å². The van der Waals surface area contributed by atoms with Crippen LogP contribution in [0, 0.1) is 12.8 Å². The van der Waals surface area contributed by atoms with Gasteiger partial charge in [-0.1, -0.05) is 34.1 Å². The molecule has 1 aromatic carbocycles. The Kier molecular flexibility index (Phi) is 5.46. The number of hydrogen-bond acceptors (Lipinski definition) is 4. The summed E-state index contributed by atoms with van der Waals surface area (Å²) in [6.45, 7) is 3.82. The van der Waals surface area contributed by atoms with Gasteiger partial charge in [-0.3, -0.25) is 14.6 Å². The van der Waals surface area contributed by atoms with Gasteiger partial charge < -0.3 is 5.32 Å². The van der Waals surface area contributed by atoms with E-state index in [9.17, 15) is 9.59 Å². The number of Topliss-reactive ketones (excluding diaryl/α,β-unsaturated/α-hetero) is 1. The number of nitrogens with zero attached hydrogens (tertiary/aromatic N) is 2. The zero-order valence-corrected chi connectivity index (χ0v) is 18.0. The van der Waals surface area contributed by atoms with Crippen LogP contribution in [0.4, 0.5) is 5.82 Å². The minimum Gasteiger partial charge on any atom is -0.310 e. The fraction of sp³-hybridized carbons (Fsp3) is 0.304. The minimum atomic E-state index is -0.562. The van der Waals surface area contributed by atoms with Gasteiger partial charge in [0, 0.05) is 40.0 Å². The van der Waals surface area contributed by atoms with Crippen molar-refractivity contribution in [2.24, 2.45) is 10.9 Å². The first-order valence-electron chi connectivity index (χ1n) is 9.74. The molecule has 2 atom stereocenters. The van der Waals surface area contributed by atoms with Crippen LogP contribution in [0.25, 0.3) is 0 Å². The van der Waals surface area contributed by atoms with Crippen LogP contribution in [-0.4, -0.2) is 22.4 Å². The Balaban J connectivity index is 1.77. The number of benzene rings is 1. The van der Waals surface area contributed by atoms with E-state index in [1.165, 1.54) is 0 Å². The molecule has 148 valence electrons. The number of pyridine rings is 1. The van der Waals surface area contributed by atoms with Crippen LogP contribution >= 0.6 is 15.9 Å². The SMILES string of the molecule is CC1=NC2=C(C(=O)CCC2)[C@H](c2cccc(Br)c2)C1C(=O)Nc1ccc(C)cn1. The lowest BCUT2D eigenvalue weighted by atomic mass is 9.71. The highest BCUT2D eigenvalue weighted by atomic mass is 79.9. The van der Waals surface area contributed by atoms with Gasteiger partial charge in [-0.15, -0.1) is 0 Å². The van der Waals surface area contributed by atoms with Crippen LogP contribution in [0.15, 0.2) is 63.3 Å². The van der Waals surface area contributed by atoms with Gasteiger partial charge in [0.25, 0.3) is 0 Å². The molecular weight excluding hydrogens is 430 g/mol. The molecule has 0 fully saturated rings. The lowest BCUT2D eigenvalue weighted by molar-refractivity contribution is -0.119. The summed E-state index contributed by atoms with van der Waals surface area (Å²) in [5.41, 5.74) is 4.22. The van der Waals surface area contributed by atoms with E-state index in [0.29, 0.717) is 17.8 Å². The molecule has 4 rings (SSSR count). The van der Waals surface area contributed by atoms with Gasteiger partial charge in [0.15, 0.2) is 5.78 Å². The van der Waals surface area contributed by atoms with E-state index in [1.807, 2.05) is 44.2 Å². The third-order valence-corrected chi connectivity index (χ3v) is 5.98. The van der Waals surface area contributed by atoms with Crippen LogP contribution in [-0.2, 0) is 9.59 Å². The third-order valence-electron chi connectivity index (χ3n) is 5.49. The van der Waals surface area contributed by atoms with Gasteiger partial charge in [0.05, 0.1) is 5.92 Å². The summed E-state index contributed by atoms with van der Waals surface area (Å²) in [5.74, 6) is -0.515. The molecule has 1 unspecified atom stereocenters. The highest BCUT2D eigenvalue weighted by Crippen LogP contribution is 2.43. The fourth-order valence-electron chi connectivity index (χ4n) is 4.15. The first-order valence-corrected chi connectivity index (χ1v) is 10.5. The second kappa shape index (κ2) is 8.03. The summed E-state index contributed by atoms with van der Waals surface area (Å²) >= 11 is 3.52. The number of amides is 1. The van der Waals surface area contributed by atoms with Crippen molar-refractivity contribution >= 4 is 39.1 Å². The number of anilines is 1. The normalized spacial score (nSPS) is 21.5. The first-order chi connectivity index (χ1) is 13.9. The predicted molar refractivity (Wildman–Crippen MR) is 117 cm³/mol. The van der Waals surface area contributed by atoms with Gasteiger partial charge in [0.2, 0.25) is 5.91 Å². The van der Waals surface area contributed by atoms with E-state index >= 15 is 0 Å². The number of aryl methyl sites for hydroxylation is 1. The molecule has 1 aliphatic heterocycles. The molecule has 6 heteroatoms. The van der Waals surface area contributed by atoms with E-state index in [0.717, 1.165) is 39.8 Å². The van der Waals surface area contributed by atoms with Gasteiger partial charge in [-0.2, -0.15) is 0 Å². The number of carbonyl (C=O) groups excluding carboxylic acids is 2. The Bertz CT molecular complexity index is 1040. The predicted octanol–water partition coefficient (Wildman–Crippen LogP) is 4.97. The standard InChI is InChI=1S/C23H22BrN3O2/c1-13-9-10-19(25-12-13)27-23(29)20-14(2)26-17-7-4-8-18(28)22(17)21(20)15-5-3-6-16(24)11-15/h3,5-6,9-12,20-21H,4,7-8H2,1-2H3,(H,25,27,29)/t20?,21-/m1/s1. The van der Waals surface area contributed by atoms with Crippen LogP contribution in [0.5, 0.6) is 0 Å². The minimum absolute atomic E-state index is 0.0961. The zero-order valence-electron chi connectivity index (χ0n) is 16.4. The van der Waals surface area contributed by atoms with Crippen molar-refractivity contribution in [3.05, 3.63) is 69.5 Å². The van der Waals surface area contributed by atoms with E-state index < -0.39 is 5.92 Å². The molecule has 1 amide bonds. The largest absolute Gasteiger partial charge is 0.310 e. The fourth-order valence-corrected chi connectivity index (χ4v) is 4.57. The van der Waals surface area contributed by atoms with Crippen LogP contribution in [0.1, 0.15) is 43.2 Å². The Hall–Kier alpha value is -2.60. The van der Waals surface area contributed by atoms with Gasteiger partial charge >= 0.3 is 0 Å². The number of halogens is 1. The van der Waals surface area contributed by atoms with Gasteiger partial charge in [-0.05, 0) is 56.0 Å². The van der Waals surface area contributed by atoms with E-state index in [2.05, 4.69) is 26.2 Å². The number of ketones is 1. The molecule has 1 aliphatic carbocycles. The Labute approximate surface area is 178 Å². The summed E-state index contributed by atoms with van der Waals surface area (Å²) < 4.78 is 0.917. The van der Waals surface area contributed by atoms with Crippen molar-refractivity contribution in [2.45, 2.75) is 39.0 Å². The quantitative estimate of drug-likeness (QED) is 0.715. The van der Waals surface area contributed by atoms with Crippen molar-refractivity contribution < 1.29 is 9.59 Å². The topological polar surface area (TPSA) is 71.4 Å². The molecule has 0 saturated heterocycles. The summed E-state index contributed by atoms with van der Waals surface area (Å²) in [4.78, 5) is 35.2. The average Bonchev–Trinajstić information content (AvgIpc) is 2.69. The second-order valence-corrected chi connectivity index (χ2v) is 8.53. The number of aliphatic imine (C=N–C) groups is 1. The van der Waals surface area contributed by atoms with Crippen LogP contribution in [0.2, 0.25) is 0 Å². The van der Waals surface area contributed by atoms with Crippen molar-refractivity contribution in [3.63, 3.8) is 0 Å². The van der Waals surface area contributed by atoms with Gasteiger partial charge in [0.1, 0.15) is 5.82 Å². The summed E-state index contributed by atoms with van der Waals surface area (Å²) in [7, 11) is 0. The van der Waals surface area contributed by atoms with Crippen molar-refractivity contribution in [1.82, 2.24) is 4.98 Å². The number of allylic oxidation sites excluding steroid dienone is 2. The van der Waals surface area contributed by atoms with E-state index in [1.54, 1.807) is 12.3 Å². The number of rotatable bonds is 3. The number of hydrogen-bond donors (Lipinski definition) is 1. The highest BCUT2D eigenvalue weighted by molar-refractivity contribution is 9.10. The smallest absolute Gasteiger partial charge is 0.235 e. The molecule has 0 spiro atoms. The summed E-state index contributed by atoms with van der Waals surface area (Å²) in [6.07, 6.45) is 3.81. The molecule has 2 heterocycles. The molecule has 2 aromatic rings. The maximum absolute atomic E-state index is 13.3. The zero-order chi connectivity index (χ0) is 20.5. The maximum atomic E-state index is 13.3. The van der Waals surface area contributed by atoms with Crippen LogP contribution in [0.3, 0.4) is 0 Å². The molecule has 0 bridgehead atoms. The Morgan fingerprint density at radius 3 is 2.72 bits per heavy atom. The molecular formula is C23H22BrN3O2. The van der Waals surface area contributed by atoms with Gasteiger partial charge in [-0.25, -0.2) is 4.98 Å². The third kappa shape index (κ3) is 3.94. The van der Waals surface area contributed by atoms with Crippen molar-refractivity contribution in [1.29, 1.82) is 0 Å². The lowest BCUT2D eigenvalue weighted by Crippen LogP contribution is -2.39. The number of carbonyl (C=O) groups is 2. The Morgan fingerprint density at radius 2 is 2.00 bits per heavy atom. The van der Waals surface area contributed by atoms with Crippen LogP contribution < -0.4 is 5.32 Å².